The minimum Gasteiger partial charge on any atom is -0.493 e. The first-order valence-corrected chi connectivity index (χ1v) is 7.34. The summed E-state index contributed by atoms with van der Waals surface area (Å²) >= 11 is 5.49. The maximum absolute atomic E-state index is 11.9. The standard InChI is InChI=1S/C11H16ClNO4S/c1-16-10-5-4-9(8-11(10)17-2)18(14,15)13-7-3-6-12/h4-5,8,13H,3,6-7H2,1-2H3. The van der Waals surface area contributed by atoms with Crippen molar-refractivity contribution in [3.05, 3.63) is 18.2 Å². The van der Waals surface area contributed by atoms with Gasteiger partial charge >= 0.3 is 0 Å². The molecule has 1 N–H and O–H groups in total. The van der Waals surface area contributed by atoms with Gasteiger partial charge in [0.15, 0.2) is 11.5 Å². The molecule has 0 aliphatic carbocycles. The molecule has 5 nitrogen and oxygen atoms in total. The van der Waals surface area contributed by atoms with Crippen LogP contribution in [0.15, 0.2) is 23.1 Å². The first-order chi connectivity index (χ1) is 8.55. The van der Waals surface area contributed by atoms with Gasteiger partial charge in [0.1, 0.15) is 0 Å². The number of hydrogen-bond acceptors (Lipinski definition) is 4. The van der Waals surface area contributed by atoms with Gasteiger partial charge in [-0.2, -0.15) is 0 Å². The van der Waals surface area contributed by atoms with Crippen LogP contribution in [0.1, 0.15) is 6.42 Å². The molecule has 0 radical (unpaired) electrons. The van der Waals surface area contributed by atoms with Gasteiger partial charge in [0.25, 0.3) is 0 Å². The smallest absolute Gasteiger partial charge is 0.240 e. The maximum atomic E-state index is 11.9. The van der Waals surface area contributed by atoms with Gasteiger partial charge in [0.2, 0.25) is 10.0 Å². The molecule has 1 aromatic carbocycles. The Hall–Kier alpha value is -0.980. The van der Waals surface area contributed by atoms with Crippen molar-refractivity contribution in [3.8, 4) is 11.5 Å². The van der Waals surface area contributed by atoms with Gasteiger partial charge in [-0.3, -0.25) is 0 Å². The predicted octanol–water partition coefficient (Wildman–Crippen LogP) is 1.61. The summed E-state index contributed by atoms with van der Waals surface area (Å²) in [6.07, 6.45) is 0.577. The van der Waals surface area contributed by atoms with Crippen molar-refractivity contribution in [2.45, 2.75) is 11.3 Å². The third kappa shape index (κ3) is 3.76. The highest BCUT2D eigenvalue weighted by atomic mass is 35.5. The van der Waals surface area contributed by atoms with Gasteiger partial charge in [0.05, 0.1) is 19.1 Å². The molecule has 0 atom stereocenters. The molecule has 0 spiro atoms. The second kappa shape index (κ2) is 6.82. The Kier molecular flexibility index (Phi) is 5.71. The van der Waals surface area contributed by atoms with E-state index in [9.17, 15) is 8.42 Å². The molecule has 1 aromatic rings. The van der Waals surface area contributed by atoms with Crippen LogP contribution in [0.5, 0.6) is 11.5 Å². The highest BCUT2D eigenvalue weighted by Gasteiger charge is 2.16. The second-order valence-electron chi connectivity index (χ2n) is 3.46. The van der Waals surface area contributed by atoms with Crippen molar-refractivity contribution >= 4 is 21.6 Å². The SMILES string of the molecule is COc1ccc(S(=O)(=O)NCCCCl)cc1OC. The Labute approximate surface area is 112 Å². The van der Waals surface area contributed by atoms with E-state index in [4.69, 9.17) is 21.1 Å². The van der Waals surface area contributed by atoms with Crippen LogP contribution in [0, 0.1) is 0 Å². The third-order valence-corrected chi connectivity index (χ3v) is 3.99. The van der Waals surface area contributed by atoms with E-state index in [1.54, 1.807) is 6.07 Å². The summed E-state index contributed by atoms with van der Waals surface area (Å²) in [6.45, 7) is 0.306. The Morgan fingerprint density at radius 1 is 1.22 bits per heavy atom. The molecule has 0 amide bonds. The van der Waals surface area contributed by atoms with Gasteiger partial charge in [-0.15, -0.1) is 11.6 Å². The van der Waals surface area contributed by atoms with Crippen LogP contribution in [0.2, 0.25) is 0 Å². The minimum atomic E-state index is -3.53. The number of hydrogen-bond donors (Lipinski definition) is 1. The fraction of sp³-hybridized carbons (Fsp3) is 0.455. The van der Waals surface area contributed by atoms with E-state index in [2.05, 4.69) is 4.72 Å². The van der Waals surface area contributed by atoms with Gasteiger partial charge in [-0.05, 0) is 18.6 Å². The second-order valence-corrected chi connectivity index (χ2v) is 5.60. The summed E-state index contributed by atoms with van der Waals surface area (Å²) in [5.74, 6) is 1.27. The topological polar surface area (TPSA) is 64.6 Å². The van der Waals surface area contributed by atoms with Crippen molar-refractivity contribution < 1.29 is 17.9 Å². The number of rotatable bonds is 7. The van der Waals surface area contributed by atoms with Gasteiger partial charge in [-0.25, -0.2) is 13.1 Å². The summed E-state index contributed by atoms with van der Waals surface area (Å²) in [4.78, 5) is 0.134. The number of sulfonamides is 1. The number of methoxy groups -OCH3 is 2. The number of ether oxygens (including phenoxy) is 2. The van der Waals surface area contributed by atoms with Crippen molar-refractivity contribution in [3.63, 3.8) is 0 Å². The van der Waals surface area contributed by atoms with Gasteiger partial charge in [0, 0.05) is 18.5 Å². The van der Waals surface area contributed by atoms with Crippen LogP contribution < -0.4 is 14.2 Å². The molecule has 0 aliphatic heterocycles. The fourth-order valence-electron chi connectivity index (χ4n) is 1.34. The van der Waals surface area contributed by atoms with Crippen molar-refractivity contribution in [1.82, 2.24) is 4.72 Å². The number of benzene rings is 1. The molecule has 1 rings (SSSR count). The zero-order chi connectivity index (χ0) is 13.6. The lowest BCUT2D eigenvalue weighted by molar-refractivity contribution is 0.354. The molecule has 18 heavy (non-hydrogen) atoms. The van der Waals surface area contributed by atoms with E-state index >= 15 is 0 Å². The van der Waals surface area contributed by atoms with Gasteiger partial charge in [-0.1, -0.05) is 0 Å². The van der Waals surface area contributed by atoms with Gasteiger partial charge < -0.3 is 9.47 Å². The average molecular weight is 294 g/mol. The maximum Gasteiger partial charge on any atom is 0.240 e. The Morgan fingerprint density at radius 3 is 2.44 bits per heavy atom. The third-order valence-electron chi connectivity index (χ3n) is 2.27. The lowest BCUT2D eigenvalue weighted by Gasteiger charge is -2.10. The molecule has 0 aliphatic rings. The molecule has 0 bridgehead atoms. The molecular weight excluding hydrogens is 278 g/mol. The summed E-state index contributed by atoms with van der Waals surface area (Å²) in [5, 5.41) is 0. The van der Waals surface area contributed by atoms with Crippen LogP contribution in [-0.4, -0.2) is 35.1 Å². The Morgan fingerprint density at radius 2 is 1.89 bits per heavy atom. The Bertz CT molecular complexity index is 490. The molecule has 0 aromatic heterocycles. The van der Waals surface area contributed by atoms with Crippen molar-refractivity contribution in [1.29, 1.82) is 0 Å². The van der Waals surface area contributed by atoms with Crippen LogP contribution in [0.3, 0.4) is 0 Å². The zero-order valence-corrected chi connectivity index (χ0v) is 11.8. The molecule has 0 unspecified atom stereocenters. The highest BCUT2D eigenvalue weighted by Crippen LogP contribution is 2.29. The van der Waals surface area contributed by atoms with Crippen molar-refractivity contribution in [2.24, 2.45) is 0 Å². The Balaban J connectivity index is 2.95. The van der Waals surface area contributed by atoms with Crippen LogP contribution in [0.25, 0.3) is 0 Å². The van der Waals surface area contributed by atoms with Crippen LogP contribution >= 0.6 is 11.6 Å². The summed E-state index contributed by atoms with van der Waals surface area (Å²) in [7, 11) is -0.590. The monoisotopic (exact) mass is 293 g/mol. The fourth-order valence-corrected chi connectivity index (χ4v) is 2.56. The van der Waals surface area contributed by atoms with Crippen LogP contribution in [0.4, 0.5) is 0 Å². The predicted molar refractivity (Wildman–Crippen MR) is 70.1 cm³/mol. The zero-order valence-electron chi connectivity index (χ0n) is 10.3. The molecule has 0 fully saturated rings. The average Bonchev–Trinajstić information content (AvgIpc) is 2.38. The van der Waals surface area contributed by atoms with Crippen LogP contribution in [-0.2, 0) is 10.0 Å². The molecule has 0 saturated heterocycles. The molecule has 0 saturated carbocycles. The van der Waals surface area contributed by atoms with Crippen molar-refractivity contribution in [2.75, 3.05) is 26.6 Å². The van der Waals surface area contributed by atoms with E-state index in [-0.39, 0.29) is 4.90 Å². The summed E-state index contributed by atoms with van der Waals surface area (Å²) in [6, 6.07) is 4.43. The first-order valence-electron chi connectivity index (χ1n) is 5.33. The molecule has 102 valence electrons. The van der Waals surface area contributed by atoms with E-state index in [1.807, 2.05) is 0 Å². The van der Waals surface area contributed by atoms with E-state index in [0.29, 0.717) is 30.3 Å². The van der Waals surface area contributed by atoms with E-state index < -0.39 is 10.0 Å². The molecular formula is C11H16ClNO4S. The quantitative estimate of drug-likeness (QED) is 0.613. The lowest BCUT2D eigenvalue weighted by Crippen LogP contribution is -2.25. The summed E-state index contributed by atoms with van der Waals surface area (Å²) < 4.78 is 36.4. The number of halogens is 1. The largest absolute Gasteiger partial charge is 0.493 e. The highest BCUT2D eigenvalue weighted by molar-refractivity contribution is 7.89. The van der Waals surface area contributed by atoms with E-state index in [1.165, 1.54) is 26.4 Å². The first kappa shape index (κ1) is 15.1. The molecule has 0 heterocycles. The number of alkyl halides is 1. The normalized spacial score (nSPS) is 11.3. The number of nitrogens with one attached hydrogen (secondary N) is 1. The lowest BCUT2D eigenvalue weighted by atomic mass is 10.3. The molecule has 7 heteroatoms. The van der Waals surface area contributed by atoms with E-state index in [0.717, 1.165) is 0 Å². The summed E-state index contributed by atoms with van der Waals surface area (Å²) in [5.41, 5.74) is 0. The minimum absolute atomic E-state index is 0.134.